The number of benzene rings is 2. The first kappa shape index (κ1) is 23.9. The van der Waals surface area contributed by atoms with Crippen molar-refractivity contribution in [2.24, 2.45) is 10.2 Å². The van der Waals surface area contributed by atoms with E-state index in [2.05, 4.69) is 43.1 Å². The van der Waals surface area contributed by atoms with Gasteiger partial charge in [0.05, 0.1) is 23.9 Å². The Bertz CT molecular complexity index is 1270. The zero-order valence-corrected chi connectivity index (χ0v) is 20.6. The van der Waals surface area contributed by atoms with Crippen LogP contribution in [-0.2, 0) is 16.8 Å². The molecule has 4 rings (SSSR count). The minimum atomic E-state index is -0.260. The van der Waals surface area contributed by atoms with E-state index in [4.69, 9.17) is 16.0 Å². The number of rotatable bonds is 5. The molecule has 1 amide bonds. The average Bonchev–Trinajstić information content (AvgIpc) is 3.40. The number of thioether (sulfide) groups is 1. The highest BCUT2D eigenvalue weighted by Gasteiger charge is 2.34. The van der Waals surface area contributed by atoms with Gasteiger partial charge in [0.2, 0.25) is 0 Å². The van der Waals surface area contributed by atoms with Crippen LogP contribution in [0.15, 0.2) is 80.4 Å². The Morgan fingerprint density at radius 3 is 2.59 bits per heavy atom. The molecule has 0 atom stereocenters. The summed E-state index contributed by atoms with van der Waals surface area (Å²) < 4.78 is 5.42. The predicted molar refractivity (Wildman–Crippen MR) is 138 cm³/mol. The number of phenolic OH excluding ortho intramolecular Hbond substituents is 1. The molecule has 1 N–H and O–H groups in total. The number of amidine groups is 1. The molecule has 0 spiro atoms. The first-order chi connectivity index (χ1) is 16.2. The van der Waals surface area contributed by atoms with Crippen molar-refractivity contribution in [2.75, 3.05) is 0 Å². The summed E-state index contributed by atoms with van der Waals surface area (Å²) in [6.07, 6.45) is 4.81. The van der Waals surface area contributed by atoms with Gasteiger partial charge in [-0.15, -0.1) is 5.10 Å². The van der Waals surface area contributed by atoms with Gasteiger partial charge in [0, 0.05) is 10.6 Å². The summed E-state index contributed by atoms with van der Waals surface area (Å²) >= 11 is 7.23. The van der Waals surface area contributed by atoms with Crippen LogP contribution in [0.3, 0.4) is 0 Å². The van der Waals surface area contributed by atoms with Crippen LogP contribution in [0.4, 0.5) is 0 Å². The van der Waals surface area contributed by atoms with Crippen molar-refractivity contribution < 1.29 is 14.3 Å². The fraction of sp³-hybridized carbons (Fsp3) is 0.192. The lowest BCUT2D eigenvalue weighted by atomic mass is 9.87. The number of nitrogens with zero attached hydrogens (tertiary/aromatic N) is 3. The zero-order valence-electron chi connectivity index (χ0n) is 19.0. The molecular formula is C26H24ClN3O3S. The Kier molecular flexibility index (Phi) is 6.95. The van der Waals surface area contributed by atoms with Gasteiger partial charge in [0.15, 0.2) is 5.17 Å². The molecule has 2 heterocycles. The van der Waals surface area contributed by atoms with Crippen LogP contribution in [0.1, 0.15) is 43.2 Å². The summed E-state index contributed by atoms with van der Waals surface area (Å²) in [7, 11) is 0. The van der Waals surface area contributed by atoms with Gasteiger partial charge >= 0.3 is 0 Å². The summed E-state index contributed by atoms with van der Waals surface area (Å²) in [5, 5.41) is 19.6. The number of hydrogen-bond donors (Lipinski definition) is 1. The second kappa shape index (κ2) is 9.91. The minimum absolute atomic E-state index is 0.0324. The lowest BCUT2D eigenvalue weighted by molar-refractivity contribution is -0.122. The highest BCUT2D eigenvalue weighted by atomic mass is 35.5. The van der Waals surface area contributed by atoms with E-state index in [9.17, 15) is 9.90 Å². The molecular weight excluding hydrogens is 470 g/mol. The molecule has 3 aromatic rings. The van der Waals surface area contributed by atoms with E-state index in [1.807, 2.05) is 12.1 Å². The third-order valence-corrected chi connectivity index (χ3v) is 6.42. The van der Waals surface area contributed by atoms with Gasteiger partial charge in [-0.2, -0.15) is 5.10 Å². The number of halogens is 1. The summed E-state index contributed by atoms with van der Waals surface area (Å²) in [5.41, 5.74) is 2.66. The van der Waals surface area contributed by atoms with Crippen LogP contribution < -0.4 is 0 Å². The van der Waals surface area contributed by atoms with Crippen LogP contribution in [0.2, 0.25) is 5.02 Å². The molecule has 1 saturated heterocycles. The van der Waals surface area contributed by atoms with E-state index in [1.165, 1.54) is 28.3 Å². The van der Waals surface area contributed by atoms with Gasteiger partial charge in [0.1, 0.15) is 11.5 Å². The number of phenols is 1. The molecule has 6 nitrogen and oxygen atoms in total. The highest BCUT2D eigenvalue weighted by Crippen LogP contribution is 2.35. The quantitative estimate of drug-likeness (QED) is 0.252. The molecule has 2 aromatic carbocycles. The third kappa shape index (κ3) is 5.61. The molecule has 1 aliphatic heterocycles. The summed E-state index contributed by atoms with van der Waals surface area (Å²) in [5.74, 6) is 0.393. The Hall–Kier alpha value is -3.29. The van der Waals surface area contributed by atoms with Crippen molar-refractivity contribution in [1.29, 1.82) is 0 Å². The molecule has 1 aromatic heterocycles. The van der Waals surface area contributed by atoms with Crippen molar-refractivity contribution in [1.82, 2.24) is 4.90 Å². The van der Waals surface area contributed by atoms with Crippen LogP contribution in [-0.4, -0.2) is 27.3 Å². The topological polar surface area (TPSA) is 78.4 Å². The van der Waals surface area contributed by atoms with Gasteiger partial charge in [-0.1, -0.05) is 56.6 Å². The number of aromatic hydroxyl groups is 1. The van der Waals surface area contributed by atoms with Gasteiger partial charge < -0.3 is 9.52 Å². The van der Waals surface area contributed by atoms with E-state index in [1.54, 1.807) is 42.8 Å². The summed E-state index contributed by atoms with van der Waals surface area (Å²) in [4.78, 5) is 15.0. The van der Waals surface area contributed by atoms with E-state index in [-0.39, 0.29) is 23.6 Å². The Balaban J connectivity index is 1.61. The van der Waals surface area contributed by atoms with Crippen molar-refractivity contribution in [2.45, 2.75) is 32.7 Å². The lowest BCUT2D eigenvalue weighted by Gasteiger charge is -2.18. The zero-order chi connectivity index (χ0) is 24.3. The van der Waals surface area contributed by atoms with Gasteiger partial charge in [-0.05, 0) is 64.7 Å². The molecule has 1 fully saturated rings. The number of furan rings is 1. The molecule has 1 aliphatic rings. The lowest BCUT2D eigenvalue weighted by Crippen LogP contribution is -2.28. The molecule has 34 heavy (non-hydrogen) atoms. The van der Waals surface area contributed by atoms with Gasteiger partial charge in [-0.25, -0.2) is 0 Å². The largest absolute Gasteiger partial charge is 0.507 e. The summed E-state index contributed by atoms with van der Waals surface area (Å²) in [6, 6.07) is 16.4. The maximum absolute atomic E-state index is 13.2. The smallest absolute Gasteiger partial charge is 0.267 e. The minimum Gasteiger partial charge on any atom is -0.507 e. The maximum atomic E-state index is 13.2. The second-order valence-electron chi connectivity index (χ2n) is 8.78. The molecule has 0 bridgehead atoms. The van der Waals surface area contributed by atoms with Crippen molar-refractivity contribution in [3.8, 4) is 5.75 Å². The molecule has 8 heteroatoms. The maximum Gasteiger partial charge on any atom is 0.267 e. The van der Waals surface area contributed by atoms with E-state index < -0.39 is 0 Å². The first-order valence-corrected chi connectivity index (χ1v) is 11.8. The third-order valence-electron chi connectivity index (χ3n) is 5.19. The van der Waals surface area contributed by atoms with Gasteiger partial charge in [-0.3, -0.25) is 9.69 Å². The Morgan fingerprint density at radius 2 is 1.91 bits per heavy atom. The number of amides is 1. The van der Waals surface area contributed by atoms with Crippen molar-refractivity contribution in [3.05, 3.63) is 93.2 Å². The normalized spacial score (nSPS) is 16.9. The Morgan fingerprint density at radius 1 is 1.15 bits per heavy atom. The predicted octanol–water partition coefficient (Wildman–Crippen LogP) is 6.44. The fourth-order valence-electron chi connectivity index (χ4n) is 3.28. The monoisotopic (exact) mass is 493 g/mol. The number of carbonyl (C=O) groups excluding carboxylic acids is 1. The molecule has 0 saturated carbocycles. The summed E-state index contributed by atoms with van der Waals surface area (Å²) in [6.45, 7) is 6.71. The van der Waals surface area contributed by atoms with E-state index in [0.717, 1.165) is 5.56 Å². The molecule has 0 unspecified atom stereocenters. The van der Waals surface area contributed by atoms with E-state index in [0.29, 0.717) is 26.4 Å². The van der Waals surface area contributed by atoms with Crippen LogP contribution in [0, 0.1) is 0 Å². The van der Waals surface area contributed by atoms with Crippen LogP contribution >= 0.6 is 23.4 Å². The standard InChI is InChI=1S/C26H24ClN3O3S/c1-26(2,3)19-8-6-17(7-9-19)15-28-29-25-30(16-21-5-4-12-33-21)24(32)23(34-25)14-18-13-20(27)10-11-22(18)31/h4-15,31H,16H2,1-3H3/b23-14-,28-15-,29-25+. The number of hydrogen-bond acceptors (Lipinski definition) is 6. The first-order valence-electron chi connectivity index (χ1n) is 10.6. The van der Waals surface area contributed by atoms with Crippen molar-refractivity contribution in [3.63, 3.8) is 0 Å². The highest BCUT2D eigenvalue weighted by molar-refractivity contribution is 8.18. The molecule has 0 aliphatic carbocycles. The van der Waals surface area contributed by atoms with Gasteiger partial charge in [0.25, 0.3) is 5.91 Å². The van der Waals surface area contributed by atoms with E-state index >= 15 is 0 Å². The fourth-order valence-corrected chi connectivity index (χ4v) is 4.38. The van der Waals surface area contributed by atoms with Crippen LogP contribution in [0.25, 0.3) is 6.08 Å². The molecule has 0 radical (unpaired) electrons. The molecule has 174 valence electrons. The SMILES string of the molecule is CC(C)(C)c1ccc(/C=N\N=C2\S/C(=C\c3cc(Cl)ccc3O)C(=O)N2Cc2ccco2)cc1. The Labute approximate surface area is 207 Å². The second-order valence-corrected chi connectivity index (χ2v) is 10.2. The van der Waals surface area contributed by atoms with Crippen molar-refractivity contribution >= 4 is 46.7 Å². The average molecular weight is 494 g/mol. The number of carbonyl (C=O) groups is 1. The van der Waals surface area contributed by atoms with Crippen LogP contribution in [0.5, 0.6) is 5.75 Å².